The molecular weight excluding hydrogens is 224 g/mol. The Kier molecular flexibility index (Phi) is 2.24. The number of fused-ring (bicyclic) bond motifs is 1. The highest BCUT2D eigenvalue weighted by Crippen LogP contribution is 2.25. The standard InChI is InChI=1S/C14H10N4/c15-9-10-5-6-13(18-8-7-14(16)17-18)12-4-2-1-3-11(10)12/h1-8H,(H2,16,17). The van der Waals surface area contributed by atoms with Crippen LogP contribution in [0.15, 0.2) is 48.7 Å². The topological polar surface area (TPSA) is 67.6 Å². The Balaban J connectivity index is 2.35. The van der Waals surface area contributed by atoms with Crippen molar-refractivity contribution in [3.05, 3.63) is 54.2 Å². The zero-order valence-corrected chi connectivity index (χ0v) is 9.54. The summed E-state index contributed by atoms with van der Waals surface area (Å²) in [6.45, 7) is 0. The fourth-order valence-corrected chi connectivity index (χ4v) is 2.05. The Labute approximate surface area is 104 Å². The number of anilines is 1. The molecule has 0 amide bonds. The average molecular weight is 234 g/mol. The Bertz CT molecular complexity index is 765. The molecule has 1 aromatic heterocycles. The molecular formula is C14H10N4. The number of aromatic nitrogens is 2. The first-order valence-corrected chi connectivity index (χ1v) is 5.53. The summed E-state index contributed by atoms with van der Waals surface area (Å²) in [6.07, 6.45) is 1.81. The van der Waals surface area contributed by atoms with Crippen LogP contribution in [0.4, 0.5) is 5.82 Å². The van der Waals surface area contributed by atoms with Crippen molar-refractivity contribution in [2.75, 3.05) is 5.73 Å². The number of benzene rings is 2. The van der Waals surface area contributed by atoms with Crippen LogP contribution in [0.5, 0.6) is 0 Å². The van der Waals surface area contributed by atoms with Gasteiger partial charge in [0.1, 0.15) is 5.82 Å². The van der Waals surface area contributed by atoms with Crippen molar-refractivity contribution in [2.24, 2.45) is 0 Å². The van der Waals surface area contributed by atoms with Gasteiger partial charge in [0.2, 0.25) is 0 Å². The van der Waals surface area contributed by atoms with Crippen molar-refractivity contribution < 1.29 is 0 Å². The SMILES string of the molecule is N#Cc1ccc(-n2ccc(N)n2)c2ccccc12. The molecule has 0 saturated heterocycles. The van der Waals surface area contributed by atoms with Crippen LogP contribution in [0.2, 0.25) is 0 Å². The second-order valence-corrected chi connectivity index (χ2v) is 3.97. The maximum absolute atomic E-state index is 9.11. The third-order valence-corrected chi connectivity index (χ3v) is 2.88. The lowest BCUT2D eigenvalue weighted by molar-refractivity contribution is 0.893. The van der Waals surface area contributed by atoms with Crippen molar-refractivity contribution in [3.8, 4) is 11.8 Å². The van der Waals surface area contributed by atoms with E-state index >= 15 is 0 Å². The summed E-state index contributed by atoms with van der Waals surface area (Å²) >= 11 is 0. The highest BCUT2D eigenvalue weighted by molar-refractivity contribution is 5.94. The van der Waals surface area contributed by atoms with E-state index in [1.165, 1.54) is 0 Å². The van der Waals surface area contributed by atoms with Crippen LogP contribution < -0.4 is 5.73 Å². The number of hydrogen-bond donors (Lipinski definition) is 1. The molecule has 2 aromatic carbocycles. The summed E-state index contributed by atoms with van der Waals surface area (Å²) in [5.41, 5.74) is 7.21. The first kappa shape index (κ1) is 10.4. The predicted octanol–water partition coefficient (Wildman–Crippen LogP) is 2.48. The van der Waals surface area contributed by atoms with Crippen molar-refractivity contribution in [2.45, 2.75) is 0 Å². The molecule has 0 radical (unpaired) electrons. The van der Waals surface area contributed by atoms with Crippen molar-refractivity contribution in [1.29, 1.82) is 5.26 Å². The van der Waals surface area contributed by atoms with Crippen molar-refractivity contribution in [1.82, 2.24) is 9.78 Å². The number of nitriles is 1. The molecule has 18 heavy (non-hydrogen) atoms. The van der Waals surface area contributed by atoms with E-state index in [4.69, 9.17) is 11.0 Å². The predicted molar refractivity (Wildman–Crippen MR) is 70.2 cm³/mol. The second kappa shape index (κ2) is 3.90. The first-order chi connectivity index (χ1) is 8.79. The molecule has 2 N–H and O–H groups in total. The van der Waals surface area contributed by atoms with E-state index in [0.29, 0.717) is 11.4 Å². The van der Waals surface area contributed by atoms with Crippen molar-refractivity contribution >= 4 is 16.6 Å². The number of nitrogens with zero attached hydrogens (tertiary/aromatic N) is 3. The number of hydrogen-bond acceptors (Lipinski definition) is 3. The molecule has 4 nitrogen and oxygen atoms in total. The van der Waals surface area contributed by atoms with E-state index in [0.717, 1.165) is 16.5 Å². The highest BCUT2D eigenvalue weighted by atomic mass is 15.3. The summed E-state index contributed by atoms with van der Waals surface area (Å²) in [7, 11) is 0. The lowest BCUT2D eigenvalue weighted by Crippen LogP contribution is -1.98. The molecule has 0 bridgehead atoms. The molecule has 3 aromatic rings. The van der Waals surface area contributed by atoms with Gasteiger partial charge in [0, 0.05) is 23.0 Å². The number of nitrogens with two attached hydrogens (primary N) is 1. The maximum atomic E-state index is 9.11. The molecule has 0 aliphatic carbocycles. The second-order valence-electron chi connectivity index (χ2n) is 3.97. The maximum Gasteiger partial charge on any atom is 0.145 e. The van der Waals surface area contributed by atoms with E-state index in [2.05, 4.69) is 11.2 Å². The van der Waals surface area contributed by atoms with Gasteiger partial charge in [-0.25, -0.2) is 4.68 Å². The molecule has 0 spiro atoms. The van der Waals surface area contributed by atoms with Gasteiger partial charge >= 0.3 is 0 Å². The van der Waals surface area contributed by atoms with Crippen LogP contribution in [0.1, 0.15) is 5.56 Å². The molecule has 0 fully saturated rings. The van der Waals surface area contributed by atoms with Gasteiger partial charge in [-0.1, -0.05) is 24.3 Å². The van der Waals surface area contributed by atoms with Gasteiger partial charge in [0.05, 0.1) is 17.3 Å². The Hall–Kier alpha value is -2.80. The molecule has 0 atom stereocenters. The van der Waals surface area contributed by atoms with Gasteiger partial charge in [-0.15, -0.1) is 0 Å². The fourth-order valence-electron chi connectivity index (χ4n) is 2.05. The lowest BCUT2D eigenvalue weighted by Gasteiger charge is -2.07. The summed E-state index contributed by atoms with van der Waals surface area (Å²) in [4.78, 5) is 0. The Morgan fingerprint density at radius 2 is 1.83 bits per heavy atom. The summed E-state index contributed by atoms with van der Waals surface area (Å²) < 4.78 is 1.72. The van der Waals surface area contributed by atoms with E-state index in [1.807, 2.05) is 36.5 Å². The molecule has 4 heteroatoms. The van der Waals surface area contributed by atoms with E-state index in [-0.39, 0.29) is 0 Å². The first-order valence-electron chi connectivity index (χ1n) is 5.53. The fraction of sp³-hybridized carbons (Fsp3) is 0. The molecule has 0 aliphatic rings. The zero-order valence-electron chi connectivity index (χ0n) is 9.54. The van der Waals surface area contributed by atoms with Gasteiger partial charge in [-0.3, -0.25) is 0 Å². The third-order valence-electron chi connectivity index (χ3n) is 2.88. The van der Waals surface area contributed by atoms with Crippen LogP contribution in [0, 0.1) is 11.3 Å². The molecule has 0 saturated carbocycles. The normalized spacial score (nSPS) is 10.4. The van der Waals surface area contributed by atoms with Crippen LogP contribution >= 0.6 is 0 Å². The third kappa shape index (κ3) is 1.50. The van der Waals surface area contributed by atoms with E-state index in [9.17, 15) is 0 Å². The average Bonchev–Trinajstić information content (AvgIpc) is 2.84. The number of rotatable bonds is 1. The minimum absolute atomic E-state index is 0.475. The summed E-state index contributed by atoms with van der Waals surface area (Å²) in [5, 5.41) is 15.2. The molecule has 1 heterocycles. The van der Waals surface area contributed by atoms with Gasteiger partial charge < -0.3 is 5.73 Å². The minimum atomic E-state index is 0.475. The Morgan fingerprint density at radius 1 is 1.06 bits per heavy atom. The molecule has 86 valence electrons. The largest absolute Gasteiger partial charge is 0.382 e. The molecule has 0 aliphatic heterocycles. The quantitative estimate of drug-likeness (QED) is 0.703. The van der Waals surface area contributed by atoms with Gasteiger partial charge in [0.25, 0.3) is 0 Å². The smallest absolute Gasteiger partial charge is 0.145 e. The molecule has 0 unspecified atom stereocenters. The van der Waals surface area contributed by atoms with Crippen molar-refractivity contribution in [3.63, 3.8) is 0 Å². The van der Waals surface area contributed by atoms with Crippen LogP contribution in [-0.4, -0.2) is 9.78 Å². The van der Waals surface area contributed by atoms with Crippen LogP contribution in [-0.2, 0) is 0 Å². The van der Waals surface area contributed by atoms with E-state index < -0.39 is 0 Å². The summed E-state index contributed by atoms with van der Waals surface area (Å²) in [6, 6.07) is 15.4. The minimum Gasteiger partial charge on any atom is -0.382 e. The van der Waals surface area contributed by atoms with Crippen LogP contribution in [0.25, 0.3) is 16.5 Å². The Morgan fingerprint density at radius 3 is 2.50 bits per heavy atom. The monoisotopic (exact) mass is 234 g/mol. The van der Waals surface area contributed by atoms with Gasteiger partial charge in [-0.05, 0) is 12.1 Å². The zero-order chi connectivity index (χ0) is 12.5. The summed E-state index contributed by atoms with van der Waals surface area (Å²) in [5.74, 6) is 0.475. The van der Waals surface area contributed by atoms with Gasteiger partial charge in [-0.2, -0.15) is 10.4 Å². The molecule has 3 rings (SSSR count). The highest BCUT2D eigenvalue weighted by Gasteiger charge is 2.07. The van der Waals surface area contributed by atoms with Crippen LogP contribution in [0.3, 0.4) is 0 Å². The lowest BCUT2D eigenvalue weighted by atomic mass is 10.0. The number of nitrogen functional groups attached to an aromatic ring is 1. The van der Waals surface area contributed by atoms with E-state index in [1.54, 1.807) is 16.8 Å². The van der Waals surface area contributed by atoms with Gasteiger partial charge in [0.15, 0.2) is 0 Å².